The fourth-order valence-electron chi connectivity index (χ4n) is 4.96. The van der Waals surface area contributed by atoms with Gasteiger partial charge in [0.1, 0.15) is 11.5 Å². The molecule has 154 valence electrons. The van der Waals surface area contributed by atoms with E-state index in [2.05, 4.69) is 136 Å². The molecule has 0 unspecified atom stereocenters. The number of fused-ring (bicyclic) bond motifs is 3. The summed E-state index contributed by atoms with van der Waals surface area (Å²) in [7, 11) is 0. The van der Waals surface area contributed by atoms with E-state index in [1.165, 1.54) is 25.5 Å². The molecule has 32 heavy (non-hydrogen) atoms. The first-order chi connectivity index (χ1) is 15.7. The number of rotatable bonds is 2. The van der Waals surface area contributed by atoms with Crippen LogP contribution in [0.2, 0.25) is 0 Å². The Bertz CT molecular complexity index is 1430. The summed E-state index contributed by atoms with van der Waals surface area (Å²) in [6.07, 6.45) is 0. The lowest BCUT2D eigenvalue weighted by atomic mass is 9.63. The van der Waals surface area contributed by atoms with Crippen LogP contribution in [-0.2, 0) is 5.41 Å². The van der Waals surface area contributed by atoms with Crippen LogP contribution in [0.3, 0.4) is 0 Å². The third-order valence-electron chi connectivity index (χ3n) is 6.32. The monoisotopic (exact) mass is 588 g/mol. The molecule has 5 aromatic rings. The highest BCUT2D eigenvalue weighted by Gasteiger charge is 2.45. The van der Waals surface area contributed by atoms with Gasteiger partial charge in [-0.15, -0.1) is 0 Å². The minimum absolute atomic E-state index is 0.498. The average molecular weight is 589 g/mol. The van der Waals surface area contributed by atoms with Gasteiger partial charge in [0, 0.05) is 19.2 Å². The number of halogens is 2. The Labute approximate surface area is 209 Å². The fourth-order valence-corrected chi connectivity index (χ4v) is 5.93. The summed E-state index contributed by atoms with van der Waals surface area (Å²) in [6.45, 7) is 0. The maximum absolute atomic E-state index is 6.40. The first kappa shape index (κ1) is 20.0. The minimum atomic E-state index is -0.498. The lowest BCUT2D eigenvalue weighted by Crippen LogP contribution is -2.34. The maximum atomic E-state index is 6.40. The molecule has 1 aliphatic rings. The van der Waals surface area contributed by atoms with Gasteiger partial charge < -0.3 is 4.74 Å². The summed E-state index contributed by atoms with van der Waals surface area (Å²) in [5.41, 5.74) is 4.25. The zero-order valence-electron chi connectivity index (χ0n) is 17.1. The van der Waals surface area contributed by atoms with Crippen LogP contribution in [0.5, 0.6) is 11.5 Å². The van der Waals surface area contributed by atoms with E-state index < -0.39 is 5.41 Å². The van der Waals surface area contributed by atoms with Crippen molar-refractivity contribution < 1.29 is 4.74 Å². The van der Waals surface area contributed by atoms with Gasteiger partial charge >= 0.3 is 0 Å². The van der Waals surface area contributed by atoms with Crippen molar-refractivity contribution >= 4 is 49.3 Å². The van der Waals surface area contributed by atoms with Gasteiger partial charge in [0.25, 0.3) is 0 Å². The molecular formula is C29H18BrIO. The van der Waals surface area contributed by atoms with Crippen molar-refractivity contribution in [3.8, 4) is 11.5 Å². The standard InChI is InChI=1S/C29H18BrIO/c30-26-18-21(17-19-7-1-2-8-23(19)26)29(20-13-15-22(31)16-14-20)24-9-3-5-11-27(24)32-28-12-6-4-10-25(28)29/h1-18H. The van der Waals surface area contributed by atoms with Crippen LogP contribution < -0.4 is 4.74 Å². The predicted octanol–water partition coefficient (Wildman–Crippen LogP) is 8.70. The Morgan fingerprint density at radius 3 is 1.91 bits per heavy atom. The van der Waals surface area contributed by atoms with E-state index in [1.807, 2.05) is 12.1 Å². The first-order valence-electron chi connectivity index (χ1n) is 10.5. The van der Waals surface area contributed by atoms with Crippen LogP contribution in [0, 0.1) is 3.57 Å². The van der Waals surface area contributed by atoms with Crippen molar-refractivity contribution in [2.24, 2.45) is 0 Å². The molecule has 0 aromatic heterocycles. The van der Waals surface area contributed by atoms with E-state index >= 15 is 0 Å². The van der Waals surface area contributed by atoms with Gasteiger partial charge in [0.15, 0.2) is 0 Å². The number of ether oxygens (including phenoxy) is 1. The molecular weight excluding hydrogens is 571 g/mol. The average Bonchev–Trinajstić information content (AvgIpc) is 2.83. The summed E-state index contributed by atoms with van der Waals surface area (Å²) < 4.78 is 8.72. The second-order valence-corrected chi connectivity index (χ2v) is 10.1. The third kappa shape index (κ3) is 2.95. The molecule has 1 heterocycles. The molecule has 0 spiro atoms. The number of benzene rings is 5. The largest absolute Gasteiger partial charge is 0.457 e. The van der Waals surface area contributed by atoms with Crippen molar-refractivity contribution in [1.29, 1.82) is 0 Å². The van der Waals surface area contributed by atoms with Crippen molar-refractivity contribution in [2.45, 2.75) is 5.41 Å². The van der Waals surface area contributed by atoms with E-state index in [1.54, 1.807) is 0 Å². The Morgan fingerprint density at radius 2 is 1.22 bits per heavy atom. The number of para-hydroxylation sites is 2. The molecule has 0 atom stereocenters. The Balaban J connectivity index is 1.80. The molecule has 1 nitrogen and oxygen atoms in total. The highest BCUT2D eigenvalue weighted by atomic mass is 127. The summed E-state index contributed by atoms with van der Waals surface area (Å²) in [4.78, 5) is 0. The topological polar surface area (TPSA) is 9.23 Å². The summed E-state index contributed by atoms with van der Waals surface area (Å²) in [6, 6.07) is 38.9. The predicted molar refractivity (Wildman–Crippen MR) is 143 cm³/mol. The quantitative estimate of drug-likeness (QED) is 0.184. The second kappa shape index (κ2) is 7.75. The summed E-state index contributed by atoms with van der Waals surface area (Å²) in [5.74, 6) is 1.79. The molecule has 3 heteroatoms. The van der Waals surface area contributed by atoms with E-state index in [-0.39, 0.29) is 0 Å². The van der Waals surface area contributed by atoms with Crippen LogP contribution in [0.1, 0.15) is 22.3 Å². The smallest absolute Gasteiger partial charge is 0.132 e. The minimum Gasteiger partial charge on any atom is -0.457 e. The van der Waals surface area contributed by atoms with Gasteiger partial charge in [-0.2, -0.15) is 0 Å². The lowest BCUT2D eigenvalue weighted by molar-refractivity contribution is 0.434. The van der Waals surface area contributed by atoms with Gasteiger partial charge in [0.2, 0.25) is 0 Å². The fraction of sp³-hybridized carbons (Fsp3) is 0.0345. The van der Waals surface area contributed by atoms with Gasteiger partial charge in [-0.1, -0.05) is 88.7 Å². The number of hydrogen-bond donors (Lipinski definition) is 0. The van der Waals surface area contributed by atoms with Crippen molar-refractivity contribution in [1.82, 2.24) is 0 Å². The third-order valence-corrected chi connectivity index (χ3v) is 7.70. The zero-order valence-corrected chi connectivity index (χ0v) is 20.8. The van der Waals surface area contributed by atoms with Crippen LogP contribution in [-0.4, -0.2) is 0 Å². The molecule has 0 radical (unpaired) electrons. The lowest BCUT2D eigenvalue weighted by Gasteiger charge is -2.41. The Morgan fingerprint density at radius 1 is 0.625 bits per heavy atom. The Kier molecular flexibility index (Phi) is 4.85. The molecule has 0 bridgehead atoms. The van der Waals surface area contributed by atoms with E-state index in [4.69, 9.17) is 4.74 Å². The second-order valence-electron chi connectivity index (χ2n) is 8.03. The van der Waals surface area contributed by atoms with Gasteiger partial charge in [-0.05, 0) is 80.9 Å². The Hall–Kier alpha value is -2.63. The zero-order chi connectivity index (χ0) is 21.7. The number of hydrogen-bond acceptors (Lipinski definition) is 1. The molecule has 0 fully saturated rings. The van der Waals surface area contributed by atoms with Crippen LogP contribution >= 0.6 is 38.5 Å². The van der Waals surface area contributed by atoms with Crippen LogP contribution in [0.15, 0.2) is 114 Å². The van der Waals surface area contributed by atoms with Crippen molar-refractivity contribution in [3.63, 3.8) is 0 Å². The highest BCUT2D eigenvalue weighted by molar-refractivity contribution is 14.1. The molecule has 0 saturated heterocycles. The maximum Gasteiger partial charge on any atom is 0.132 e. The van der Waals surface area contributed by atoms with Crippen LogP contribution in [0.4, 0.5) is 0 Å². The molecule has 0 saturated carbocycles. The van der Waals surface area contributed by atoms with E-state index in [0.717, 1.165) is 27.1 Å². The highest BCUT2D eigenvalue weighted by Crippen LogP contribution is 2.55. The normalized spacial score (nSPS) is 13.8. The van der Waals surface area contributed by atoms with E-state index in [9.17, 15) is 0 Å². The first-order valence-corrected chi connectivity index (χ1v) is 12.4. The molecule has 0 amide bonds. The molecule has 1 aliphatic heterocycles. The molecule has 0 aliphatic carbocycles. The van der Waals surface area contributed by atoms with Crippen molar-refractivity contribution in [3.05, 3.63) is 139 Å². The van der Waals surface area contributed by atoms with E-state index in [0.29, 0.717) is 0 Å². The molecule has 6 rings (SSSR count). The van der Waals surface area contributed by atoms with Gasteiger partial charge in [-0.3, -0.25) is 0 Å². The van der Waals surface area contributed by atoms with Crippen LogP contribution in [0.25, 0.3) is 10.8 Å². The SMILES string of the molecule is Brc1cc(C2(c3ccc(I)cc3)c3ccccc3Oc3ccccc32)cc2ccccc12. The molecule has 5 aromatic carbocycles. The molecule has 0 N–H and O–H groups in total. The van der Waals surface area contributed by atoms with Gasteiger partial charge in [0.05, 0.1) is 5.41 Å². The van der Waals surface area contributed by atoms with Gasteiger partial charge in [-0.25, -0.2) is 0 Å². The summed E-state index contributed by atoms with van der Waals surface area (Å²) in [5, 5.41) is 2.42. The summed E-state index contributed by atoms with van der Waals surface area (Å²) >= 11 is 6.24. The van der Waals surface area contributed by atoms with Crippen molar-refractivity contribution in [2.75, 3.05) is 0 Å².